The topological polar surface area (TPSA) is 456 Å². The molecule has 1 saturated heterocycles. The van der Waals surface area contributed by atoms with Crippen molar-refractivity contribution in [3.8, 4) is 0 Å². The Hall–Kier alpha value is -5.58. The number of aliphatic hydroxyl groups excluding tert-OH is 3. The largest absolute Gasteiger partial charge is 0.391 e. The van der Waals surface area contributed by atoms with Gasteiger partial charge in [-0.15, -0.1) is 0 Å². The Morgan fingerprint density at radius 3 is 1.43 bits per heavy atom. The average Bonchev–Trinajstić information content (AvgIpc) is 3.33. The monoisotopic (exact) mass is 1070 g/mol. The number of amides is 10. The number of unbranched alkanes of at least 4 members (excludes halogenated alkanes) is 3. The summed E-state index contributed by atoms with van der Waals surface area (Å²) in [6.45, 7) is 10.5. The van der Waals surface area contributed by atoms with Crippen molar-refractivity contribution in [2.45, 2.75) is 198 Å². The summed E-state index contributed by atoms with van der Waals surface area (Å²) in [5, 5.41) is 56.8. The standard InChI is InChI=1S/C48H90N14O13/c1-8-9-10-11-12-36(65)46(73)62-38(28(7)64)48(75)58-31(15-20-51)40(67)57-33-17-22-53-47(74)37(27(6)63)61-43(70)32(16-21-52)55-39(66)29(13-18-49)56-44(71)34(23-25(2)3)60-45(72)35(24-26(4)5)59-41(68)30(14-19-50)54-42(33)69/h25-38,63-65H,8-24,49-52H2,1-7H3,(H,53,74)(H,54,69)(H,55,66)(H,56,71)(H,57,67)(H,58,75)(H,59,68)(H,60,72)(H,61,70)(H,62,73)/t27?,28?,29-,30-,31-,32-,33-,34-,35+,36?,37?,38-/m0/s1. The summed E-state index contributed by atoms with van der Waals surface area (Å²) in [4.78, 5) is 138. The molecule has 0 saturated carbocycles. The van der Waals surface area contributed by atoms with Gasteiger partial charge in [0.2, 0.25) is 59.1 Å². The van der Waals surface area contributed by atoms with E-state index in [1.807, 2.05) is 6.92 Å². The number of rotatable bonds is 25. The van der Waals surface area contributed by atoms with Crippen molar-refractivity contribution >= 4 is 59.1 Å². The van der Waals surface area contributed by atoms with E-state index in [2.05, 4.69) is 53.2 Å². The van der Waals surface area contributed by atoms with Gasteiger partial charge in [-0.2, -0.15) is 0 Å². The minimum atomic E-state index is -1.66. The van der Waals surface area contributed by atoms with Crippen LogP contribution in [0.5, 0.6) is 0 Å². The van der Waals surface area contributed by atoms with Crippen LogP contribution in [0.1, 0.15) is 126 Å². The predicted molar refractivity (Wildman–Crippen MR) is 277 cm³/mol. The maximum atomic E-state index is 14.3. The number of carbonyl (C=O) groups excluding carboxylic acids is 10. The minimum Gasteiger partial charge on any atom is -0.391 e. The maximum absolute atomic E-state index is 14.3. The van der Waals surface area contributed by atoms with Crippen LogP contribution in [0.25, 0.3) is 0 Å². The number of nitrogens with one attached hydrogen (secondary N) is 10. The molecule has 75 heavy (non-hydrogen) atoms. The molecule has 12 atom stereocenters. The van der Waals surface area contributed by atoms with Gasteiger partial charge in [0.1, 0.15) is 60.5 Å². The molecule has 0 aliphatic carbocycles. The van der Waals surface area contributed by atoms with Crippen molar-refractivity contribution in [3.63, 3.8) is 0 Å². The lowest BCUT2D eigenvalue weighted by Gasteiger charge is -2.29. The van der Waals surface area contributed by atoms with E-state index in [0.717, 1.165) is 19.3 Å². The fourth-order valence-corrected chi connectivity index (χ4v) is 7.97. The normalized spacial score (nSPS) is 24.2. The quantitative estimate of drug-likeness (QED) is 0.0379. The number of hydrogen-bond donors (Lipinski definition) is 17. The minimum absolute atomic E-state index is 0.0546. The van der Waals surface area contributed by atoms with Crippen LogP contribution in [-0.4, -0.2) is 180 Å². The SMILES string of the molecule is CCCCCCC(O)C(=O)N[C@H](C(=O)N[C@@H](CCN)C(=O)N[C@H]1CCNC(=O)C(C(C)O)NC(=O)[C@H](CCN)NC(=O)[C@H](CCN)NC(=O)[C@H](CC(C)C)NC(=O)[C@@H](CC(C)C)NC(=O)[C@H](CCN)NC1=O)C(C)O. The number of carbonyl (C=O) groups is 10. The van der Waals surface area contributed by atoms with Crippen LogP contribution in [0.15, 0.2) is 0 Å². The molecule has 0 radical (unpaired) electrons. The van der Waals surface area contributed by atoms with E-state index in [4.69, 9.17) is 22.9 Å². The second-order valence-electron chi connectivity index (χ2n) is 19.9. The molecule has 0 aromatic rings. The van der Waals surface area contributed by atoms with Crippen molar-refractivity contribution < 1.29 is 63.3 Å². The van der Waals surface area contributed by atoms with Gasteiger partial charge in [0, 0.05) is 6.54 Å². The summed E-state index contributed by atoms with van der Waals surface area (Å²) < 4.78 is 0. The van der Waals surface area contributed by atoms with Crippen molar-refractivity contribution in [2.24, 2.45) is 34.8 Å². The zero-order chi connectivity index (χ0) is 56.9. The fourth-order valence-electron chi connectivity index (χ4n) is 7.97. The van der Waals surface area contributed by atoms with Crippen LogP contribution in [-0.2, 0) is 47.9 Å². The predicted octanol–water partition coefficient (Wildman–Crippen LogP) is -5.55. The molecule has 1 aliphatic heterocycles. The van der Waals surface area contributed by atoms with Gasteiger partial charge in [-0.25, -0.2) is 0 Å². The molecule has 0 aromatic heterocycles. The second kappa shape index (κ2) is 35.6. The first-order valence-corrected chi connectivity index (χ1v) is 26.2. The molecule has 0 aromatic carbocycles. The highest BCUT2D eigenvalue weighted by Gasteiger charge is 2.37. The van der Waals surface area contributed by atoms with E-state index in [-0.39, 0.29) is 83.0 Å². The molecule has 27 nitrogen and oxygen atoms in total. The summed E-state index contributed by atoms with van der Waals surface area (Å²) in [7, 11) is 0. The third-order valence-electron chi connectivity index (χ3n) is 12.2. The Balaban J connectivity index is 3.85. The molecule has 0 spiro atoms. The van der Waals surface area contributed by atoms with Crippen LogP contribution in [0.3, 0.4) is 0 Å². The Morgan fingerprint density at radius 2 is 1.00 bits per heavy atom. The molecule has 1 fully saturated rings. The molecule has 1 heterocycles. The van der Waals surface area contributed by atoms with E-state index >= 15 is 0 Å². The van der Waals surface area contributed by atoms with Crippen molar-refractivity contribution in [3.05, 3.63) is 0 Å². The molecule has 1 rings (SSSR count). The summed E-state index contributed by atoms with van der Waals surface area (Å²) in [6, 6.07) is -13.1. The lowest BCUT2D eigenvalue weighted by atomic mass is 9.99. The second-order valence-corrected chi connectivity index (χ2v) is 19.9. The molecular formula is C48H90N14O13. The number of hydrogen-bond acceptors (Lipinski definition) is 17. The molecule has 27 heteroatoms. The third-order valence-corrected chi connectivity index (χ3v) is 12.2. The summed E-state index contributed by atoms with van der Waals surface area (Å²) >= 11 is 0. The van der Waals surface area contributed by atoms with Crippen molar-refractivity contribution in [2.75, 3.05) is 32.7 Å². The first-order chi connectivity index (χ1) is 35.3. The van der Waals surface area contributed by atoms with Crippen LogP contribution in [0.4, 0.5) is 0 Å². The fraction of sp³-hybridized carbons (Fsp3) is 0.792. The molecule has 0 bridgehead atoms. The first kappa shape index (κ1) is 67.4. The van der Waals surface area contributed by atoms with Gasteiger partial charge in [0.25, 0.3) is 0 Å². The maximum Gasteiger partial charge on any atom is 0.249 e. The molecular weight excluding hydrogens is 981 g/mol. The first-order valence-electron chi connectivity index (χ1n) is 26.2. The smallest absolute Gasteiger partial charge is 0.249 e. The van der Waals surface area contributed by atoms with Gasteiger partial charge in [0.05, 0.1) is 12.2 Å². The van der Waals surface area contributed by atoms with E-state index in [0.29, 0.717) is 6.42 Å². The molecule has 21 N–H and O–H groups in total. The van der Waals surface area contributed by atoms with Crippen LogP contribution < -0.4 is 76.1 Å². The van der Waals surface area contributed by atoms with Crippen LogP contribution in [0, 0.1) is 11.8 Å². The van der Waals surface area contributed by atoms with Crippen molar-refractivity contribution in [1.82, 2.24) is 53.2 Å². The Labute approximate surface area is 440 Å². The highest BCUT2D eigenvalue weighted by molar-refractivity contribution is 5.99. The summed E-state index contributed by atoms with van der Waals surface area (Å²) in [5.74, 6) is -9.54. The number of nitrogens with two attached hydrogens (primary N) is 4. The molecule has 1 aliphatic rings. The highest BCUT2D eigenvalue weighted by Crippen LogP contribution is 2.12. The summed E-state index contributed by atoms with van der Waals surface area (Å²) in [5.41, 5.74) is 23.3. The lowest BCUT2D eigenvalue weighted by molar-refractivity contribution is -0.138. The van der Waals surface area contributed by atoms with Crippen LogP contribution in [0.2, 0.25) is 0 Å². The Bertz CT molecular complexity index is 1860. The third kappa shape index (κ3) is 24.8. The zero-order valence-electron chi connectivity index (χ0n) is 44.8. The van der Waals surface area contributed by atoms with Gasteiger partial charge < -0.3 is 91.4 Å². The van der Waals surface area contributed by atoms with Gasteiger partial charge in [0.15, 0.2) is 0 Å². The van der Waals surface area contributed by atoms with Gasteiger partial charge in [-0.1, -0.05) is 60.3 Å². The van der Waals surface area contributed by atoms with Gasteiger partial charge in [-0.05, 0) is 103 Å². The van der Waals surface area contributed by atoms with Gasteiger partial charge >= 0.3 is 0 Å². The van der Waals surface area contributed by atoms with E-state index in [9.17, 15) is 63.3 Å². The van der Waals surface area contributed by atoms with Gasteiger partial charge in [-0.3, -0.25) is 47.9 Å². The van der Waals surface area contributed by atoms with E-state index < -0.39 is 145 Å². The lowest BCUT2D eigenvalue weighted by Crippen LogP contribution is -2.61. The van der Waals surface area contributed by atoms with Crippen LogP contribution >= 0.6 is 0 Å². The molecule has 430 valence electrons. The van der Waals surface area contributed by atoms with E-state index in [1.54, 1.807) is 27.7 Å². The number of aliphatic hydroxyl groups is 3. The zero-order valence-corrected chi connectivity index (χ0v) is 44.8. The Morgan fingerprint density at radius 1 is 0.547 bits per heavy atom. The Kier molecular flexibility index (Phi) is 32.0. The van der Waals surface area contributed by atoms with Crippen molar-refractivity contribution in [1.29, 1.82) is 0 Å². The summed E-state index contributed by atoms with van der Waals surface area (Å²) in [6.07, 6.45) is -2.35. The highest BCUT2D eigenvalue weighted by atomic mass is 16.3. The molecule has 4 unspecified atom stereocenters. The van der Waals surface area contributed by atoms with E-state index in [1.165, 1.54) is 13.8 Å². The molecule has 10 amide bonds. The average molecular weight is 1070 g/mol.